The van der Waals surface area contributed by atoms with Gasteiger partial charge in [0.2, 0.25) is 0 Å². The molecule has 0 spiro atoms. The van der Waals surface area contributed by atoms with E-state index in [2.05, 4.69) is 31.2 Å². The molecule has 17 heavy (non-hydrogen) atoms. The smallest absolute Gasteiger partial charge is 0.138 e. The Morgan fingerprint density at radius 3 is 2.71 bits per heavy atom. The van der Waals surface area contributed by atoms with Gasteiger partial charge < -0.3 is 11.1 Å². The quantitative estimate of drug-likeness (QED) is 0.892. The zero-order valence-corrected chi connectivity index (χ0v) is 11.2. The third-order valence-electron chi connectivity index (χ3n) is 2.54. The minimum Gasteiger partial charge on any atom is -0.383 e. The second-order valence-corrected chi connectivity index (χ2v) is 4.68. The lowest BCUT2D eigenvalue weighted by molar-refractivity contribution is 1.14. The van der Waals surface area contributed by atoms with Gasteiger partial charge in [0, 0.05) is 15.7 Å². The van der Waals surface area contributed by atoms with Gasteiger partial charge in [0.1, 0.15) is 18.0 Å². The molecule has 0 amide bonds. The van der Waals surface area contributed by atoms with Crippen LogP contribution in [-0.4, -0.2) is 9.97 Å². The molecule has 1 heterocycles. The first-order chi connectivity index (χ1) is 8.08. The standard InChI is InChI=1S/C12H13BrN4/c1-7-5-9(3-4-10(7)13)17-12-8(2)11(14)15-6-16-12/h3-6H,1-2H3,(H3,14,15,16,17). The highest BCUT2D eigenvalue weighted by Crippen LogP contribution is 2.24. The van der Waals surface area contributed by atoms with Crippen molar-refractivity contribution >= 4 is 33.3 Å². The summed E-state index contributed by atoms with van der Waals surface area (Å²) in [5.74, 6) is 1.23. The zero-order valence-electron chi connectivity index (χ0n) is 9.66. The summed E-state index contributed by atoms with van der Waals surface area (Å²) in [7, 11) is 0. The van der Waals surface area contributed by atoms with Gasteiger partial charge in [-0.2, -0.15) is 0 Å². The van der Waals surface area contributed by atoms with Gasteiger partial charge in [0.05, 0.1) is 0 Å². The first kappa shape index (κ1) is 11.9. The number of aromatic nitrogens is 2. The maximum absolute atomic E-state index is 5.73. The van der Waals surface area contributed by atoms with Crippen molar-refractivity contribution in [3.63, 3.8) is 0 Å². The van der Waals surface area contributed by atoms with Crippen molar-refractivity contribution in [1.29, 1.82) is 0 Å². The van der Waals surface area contributed by atoms with Gasteiger partial charge >= 0.3 is 0 Å². The van der Waals surface area contributed by atoms with Crippen molar-refractivity contribution in [1.82, 2.24) is 9.97 Å². The van der Waals surface area contributed by atoms with E-state index >= 15 is 0 Å². The maximum Gasteiger partial charge on any atom is 0.138 e. The van der Waals surface area contributed by atoms with Gasteiger partial charge in [-0.25, -0.2) is 9.97 Å². The van der Waals surface area contributed by atoms with E-state index in [1.807, 2.05) is 32.0 Å². The summed E-state index contributed by atoms with van der Waals surface area (Å²) in [5.41, 5.74) is 8.72. The van der Waals surface area contributed by atoms with E-state index in [1.54, 1.807) is 0 Å². The molecule has 0 atom stereocenters. The molecule has 0 aliphatic carbocycles. The molecule has 5 heteroatoms. The second-order valence-electron chi connectivity index (χ2n) is 3.82. The molecule has 4 nitrogen and oxygen atoms in total. The van der Waals surface area contributed by atoms with Crippen LogP contribution in [0, 0.1) is 13.8 Å². The van der Waals surface area contributed by atoms with Gasteiger partial charge in [-0.1, -0.05) is 15.9 Å². The number of halogens is 1. The van der Waals surface area contributed by atoms with E-state index in [1.165, 1.54) is 6.33 Å². The third-order valence-corrected chi connectivity index (χ3v) is 3.43. The van der Waals surface area contributed by atoms with E-state index in [4.69, 9.17) is 5.73 Å². The summed E-state index contributed by atoms with van der Waals surface area (Å²) in [5, 5.41) is 3.23. The second kappa shape index (κ2) is 4.71. The van der Waals surface area contributed by atoms with Crippen LogP contribution in [0.5, 0.6) is 0 Å². The number of hydrogen-bond donors (Lipinski definition) is 2. The van der Waals surface area contributed by atoms with E-state index in [0.717, 1.165) is 27.1 Å². The van der Waals surface area contributed by atoms with Gasteiger partial charge in [-0.05, 0) is 37.6 Å². The van der Waals surface area contributed by atoms with Crippen LogP contribution in [0.4, 0.5) is 17.3 Å². The van der Waals surface area contributed by atoms with E-state index in [9.17, 15) is 0 Å². The number of aryl methyl sites for hydroxylation is 1. The van der Waals surface area contributed by atoms with Crippen molar-refractivity contribution in [2.75, 3.05) is 11.1 Å². The third kappa shape index (κ3) is 2.55. The molecule has 1 aromatic carbocycles. The Hall–Kier alpha value is -1.62. The van der Waals surface area contributed by atoms with Crippen LogP contribution in [0.25, 0.3) is 0 Å². The Balaban J connectivity index is 2.31. The molecule has 0 radical (unpaired) electrons. The number of anilines is 3. The van der Waals surface area contributed by atoms with Crippen LogP contribution in [0.1, 0.15) is 11.1 Å². The SMILES string of the molecule is Cc1cc(Nc2ncnc(N)c2C)ccc1Br. The molecule has 0 fully saturated rings. The van der Waals surface area contributed by atoms with E-state index in [0.29, 0.717) is 5.82 Å². The molecule has 3 N–H and O–H groups in total. The fraction of sp³-hybridized carbons (Fsp3) is 0.167. The summed E-state index contributed by atoms with van der Waals surface area (Å²) < 4.78 is 1.09. The van der Waals surface area contributed by atoms with Gasteiger partial charge in [0.15, 0.2) is 0 Å². The molecule has 0 aliphatic heterocycles. The number of benzene rings is 1. The Bertz CT molecular complexity index is 554. The van der Waals surface area contributed by atoms with Crippen LogP contribution in [-0.2, 0) is 0 Å². The van der Waals surface area contributed by atoms with Crippen molar-refractivity contribution < 1.29 is 0 Å². The number of nitrogen functional groups attached to an aromatic ring is 1. The number of nitrogens with two attached hydrogens (primary N) is 1. The molecule has 2 aromatic rings. The Kier molecular flexibility index (Phi) is 3.28. The van der Waals surface area contributed by atoms with Gasteiger partial charge in [-0.15, -0.1) is 0 Å². The van der Waals surface area contributed by atoms with Crippen LogP contribution >= 0.6 is 15.9 Å². The van der Waals surface area contributed by atoms with E-state index < -0.39 is 0 Å². The molecule has 0 saturated heterocycles. The highest BCUT2D eigenvalue weighted by molar-refractivity contribution is 9.10. The first-order valence-electron chi connectivity index (χ1n) is 5.18. The van der Waals surface area contributed by atoms with Crippen molar-refractivity contribution in [2.24, 2.45) is 0 Å². The lowest BCUT2D eigenvalue weighted by Crippen LogP contribution is -2.02. The lowest BCUT2D eigenvalue weighted by Gasteiger charge is -2.10. The number of nitrogens with one attached hydrogen (secondary N) is 1. The maximum atomic E-state index is 5.73. The Morgan fingerprint density at radius 2 is 2.00 bits per heavy atom. The van der Waals surface area contributed by atoms with Crippen LogP contribution < -0.4 is 11.1 Å². The molecule has 2 rings (SSSR count). The summed E-state index contributed by atoms with van der Waals surface area (Å²) in [6.45, 7) is 3.93. The summed E-state index contributed by atoms with van der Waals surface area (Å²) in [4.78, 5) is 8.10. The molecular formula is C12H13BrN4. The molecule has 0 aliphatic rings. The molecule has 88 valence electrons. The number of hydrogen-bond acceptors (Lipinski definition) is 4. The fourth-order valence-electron chi connectivity index (χ4n) is 1.45. The normalized spacial score (nSPS) is 10.3. The van der Waals surface area contributed by atoms with E-state index in [-0.39, 0.29) is 0 Å². The predicted octanol–water partition coefficient (Wildman–Crippen LogP) is 3.18. The Labute approximate surface area is 108 Å². The van der Waals surface area contributed by atoms with Crippen LogP contribution in [0.2, 0.25) is 0 Å². The minimum absolute atomic E-state index is 0.497. The molecule has 0 saturated carbocycles. The predicted molar refractivity (Wildman–Crippen MR) is 73.3 cm³/mol. The Morgan fingerprint density at radius 1 is 1.24 bits per heavy atom. The van der Waals surface area contributed by atoms with Crippen molar-refractivity contribution in [3.05, 3.63) is 40.1 Å². The fourth-order valence-corrected chi connectivity index (χ4v) is 1.70. The van der Waals surface area contributed by atoms with Crippen molar-refractivity contribution in [3.8, 4) is 0 Å². The van der Waals surface area contributed by atoms with Crippen molar-refractivity contribution in [2.45, 2.75) is 13.8 Å². The topological polar surface area (TPSA) is 63.8 Å². The van der Waals surface area contributed by atoms with Gasteiger partial charge in [-0.3, -0.25) is 0 Å². The molecule has 0 bridgehead atoms. The lowest BCUT2D eigenvalue weighted by atomic mass is 10.2. The molecule has 0 unspecified atom stereocenters. The highest BCUT2D eigenvalue weighted by atomic mass is 79.9. The summed E-state index contributed by atoms with van der Waals surface area (Å²) in [6.07, 6.45) is 1.45. The summed E-state index contributed by atoms with van der Waals surface area (Å²) in [6, 6.07) is 6.02. The van der Waals surface area contributed by atoms with Crippen LogP contribution in [0.3, 0.4) is 0 Å². The zero-order chi connectivity index (χ0) is 12.4. The monoisotopic (exact) mass is 292 g/mol. The molecule has 1 aromatic heterocycles. The number of rotatable bonds is 2. The average molecular weight is 293 g/mol. The summed E-state index contributed by atoms with van der Waals surface area (Å²) >= 11 is 3.47. The largest absolute Gasteiger partial charge is 0.383 e. The highest BCUT2D eigenvalue weighted by Gasteiger charge is 2.05. The van der Waals surface area contributed by atoms with Crippen LogP contribution in [0.15, 0.2) is 29.0 Å². The average Bonchev–Trinajstić information content (AvgIpc) is 2.30. The number of nitrogens with zero attached hydrogens (tertiary/aromatic N) is 2. The molecular weight excluding hydrogens is 280 g/mol. The van der Waals surface area contributed by atoms with Gasteiger partial charge in [0.25, 0.3) is 0 Å². The first-order valence-corrected chi connectivity index (χ1v) is 5.97. The minimum atomic E-state index is 0.497.